The molecule has 1 heterocycles. The Balaban J connectivity index is 1.74. The van der Waals surface area contributed by atoms with E-state index in [4.69, 9.17) is 14.2 Å². The van der Waals surface area contributed by atoms with Crippen LogP contribution in [0.2, 0.25) is 0 Å². The highest BCUT2D eigenvalue weighted by Gasteiger charge is 2.39. The quantitative estimate of drug-likeness (QED) is 0.334. The zero-order chi connectivity index (χ0) is 29.1. The molecule has 218 valence electrons. The summed E-state index contributed by atoms with van der Waals surface area (Å²) < 4.78 is 16.4. The third kappa shape index (κ3) is 7.67. The monoisotopic (exact) mass is 553 g/mol. The maximum atomic E-state index is 13.5. The summed E-state index contributed by atoms with van der Waals surface area (Å²) in [6.07, 6.45) is 5.34. The Kier molecular flexibility index (Phi) is 11.7. The van der Waals surface area contributed by atoms with Crippen LogP contribution in [0.15, 0.2) is 36.4 Å². The Morgan fingerprint density at radius 2 is 1.57 bits per heavy atom. The molecule has 0 unspecified atom stereocenters. The van der Waals surface area contributed by atoms with Crippen LogP contribution in [0.3, 0.4) is 0 Å². The van der Waals surface area contributed by atoms with Gasteiger partial charge in [0.2, 0.25) is 23.5 Å². The zero-order valence-corrected chi connectivity index (χ0v) is 24.5. The number of hydrogen-bond acceptors (Lipinski definition) is 6. The fourth-order valence-corrected chi connectivity index (χ4v) is 5.02. The Bertz CT molecular complexity index is 1130. The van der Waals surface area contributed by atoms with Crippen molar-refractivity contribution in [2.75, 3.05) is 47.5 Å². The molecule has 40 heavy (non-hydrogen) atoms. The number of unbranched alkanes of at least 4 members (excludes halogenated alkanes) is 3. The van der Waals surface area contributed by atoms with Crippen molar-refractivity contribution in [1.29, 1.82) is 0 Å². The summed E-state index contributed by atoms with van der Waals surface area (Å²) in [4.78, 5) is 42.1. The first kappa shape index (κ1) is 30.8. The summed E-state index contributed by atoms with van der Waals surface area (Å²) in [7, 11) is 4.72. The van der Waals surface area contributed by atoms with Gasteiger partial charge >= 0.3 is 0 Å². The number of nitrogens with zero attached hydrogens (tertiary/aromatic N) is 2. The fraction of sp³-hybridized carbons (Fsp3) is 0.516. The summed E-state index contributed by atoms with van der Waals surface area (Å²) in [5, 5.41) is 2.89. The van der Waals surface area contributed by atoms with Gasteiger partial charge in [0, 0.05) is 19.5 Å². The van der Waals surface area contributed by atoms with Crippen LogP contribution in [0, 0.1) is 0 Å². The number of nitrogens with one attached hydrogen (secondary N) is 1. The number of methoxy groups -OCH3 is 3. The van der Waals surface area contributed by atoms with E-state index in [1.807, 2.05) is 43.3 Å². The van der Waals surface area contributed by atoms with E-state index in [9.17, 15) is 14.4 Å². The van der Waals surface area contributed by atoms with Gasteiger partial charge in [-0.1, -0.05) is 57.4 Å². The third-order valence-electron chi connectivity index (χ3n) is 7.15. The predicted molar refractivity (Wildman–Crippen MR) is 155 cm³/mol. The standard InChI is InChI=1S/C31H43N3O6/c1-6-8-9-10-15-32-28(35)20-33-21-29(36)34(16-7-2)25(31(33)37)17-22-11-13-23(14-12-22)24-18-26(38-3)30(40-5)27(19-24)39-4/h11-14,18-19,25H,6-10,15-17,20-21H2,1-5H3,(H,32,35)/t25-/m1/s1. The molecule has 1 fully saturated rings. The van der Waals surface area contributed by atoms with E-state index >= 15 is 0 Å². The molecule has 0 aromatic heterocycles. The average molecular weight is 554 g/mol. The molecule has 0 aliphatic carbocycles. The molecule has 0 radical (unpaired) electrons. The minimum atomic E-state index is -0.648. The number of piperazine rings is 1. The molecule has 1 aliphatic rings. The molecule has 2 aromatic rings. The lowest BCUT2D eigenvalue weighted by molar-refractivity contribution is -0.157. The van der Waals surface area contributed by atoms with Crippen LogP contribution < -0.4 is 19.5 Å². The molecule has 9 nitrogen and oxygen atoms in total. The van der Waals surface area contributed by atoms with Crippen LogP contribution in [-0.4, -0.2) is 81.1 Å². The highest BCUT2D eigenvalue weighted by molar-refractivity contribution is 5.97. The van der Waals surface area contributed by atoms with Crippen LogP contribution in [0.1, 0.15) is 51.5 Å². The van der Waals surface area contributed by atoms with Crippen molar-refractivity contribution in [2.24, 2.45) is 0 Å². The number of carbonyl (C=O) groups excluding carboxylic acids is 3. The van der Waals surface area contributed by atoms with Crippen LogP contribution >= 0.6 is 0 Å². The van der Waals surface area contributed by atoms with Crippen LogP contribution in [0.4, 0.5) is 0 Å². The highest BCUT2D eigenvalue weighted by Crippen LogP contribution is 2.41. The zero-order valence-electron chi connectivity index (χ0n) is 24.5. The largest absolute Gasteiger partial charge is 0.493 e. The second kappa shape index (κ2) is 15.1. The van der Waals surface area contributed by atoms with E-state index in [1.165, 1.54) is 4.90 Å². The summed E-state index contributed by atoms with van der Waals surface area (Å²) in [5.41, 5.74) is 2.76. The first-order valence-corrected chi connectivity index (χ1v) is 14.1. The maximum absolute atomic E-state index is 13.5. The molecule has 9 heteroatoms. The number of rotatable bonds is 15. The van der Waals surface area contributed by atoms with Gasteiger partial charge in [0.15, 0.2) is 11.5 Å². The van der Waals surface area contributed by atoms with Gasteiger partial charge in [0.25, 0.3) is 0 Å². The molecule has 1 N–H and O–H groups in total. The van der Waals surface area contributed by atoms with Crippen LogP contribution in [0.25, 0.3) is 11.1 Å². The maximum Gasteiger partial charge on any atom is 0.246 e. The van der Waals surface area contributed by atoms with Gasteiger partial charge in [-0.05, 0) is 41.7 Å². The molecular formula is C31H43N3O6. The molecule has 0 bridgehead atoms. The lowest BCUT2D eigenvalue weighted by atomic mass is 9.97. The van der Waals surface area contributed by atoms with Crippen molar-refractivity contribution in [2.45, 2.75) is 58.4 Å². The summed E-state index contributed by atoms with van der Waals surface area (Å²) in [6, 6.07) is 11.0. The third-order valence-corrected chi connectivity index (χ3v) is 7.15. The Morgan fingerprint density at radius 3 is 2.15 bits per heavy atom. The number of hydrogen-bond donors (Lipinski definition) is 1. The average Bonchev–Trinajstić information content (AvgIpc) is 2.96. The molecule has 3 rings (SSSR count). The number of carbonyl (C=O) groups is 3. The van der Waals surface area contributed by atoms with Crippen molar-refractivity contribution in [3.05, 3.63) is 42.0 Å². The second-order valence-electron chi connectivity index (χ2n) is 10.0. The van der Waals surface area contributed by atoms with Gasteiger partial charge < -0.3 is 29.3 Å². The normalized spacial score (nSPS) is 15.3. The van der Waals surface area contributed by atoms with E-state index in [-0.39, 0.29) is 30.8 Å². The lowest BCUT2D eigenvalue weighted by Gasteiger charge is -2.40. The molecule has 2 aromatic carbocycles. The van der Waals surface area contributed by atoms with Crippen molar-refractivity contribution < 1.29 is 28.6 Å². The van der Waals surface area contributed by atoms with Crippen molar-refractivity contribution in [3.63, 3.8) is 0 Å². The van der Waals surface area contributed by atoms with E-state index in [2.05, 4.69) is 12.2 Å². The van der Waals surface area contributed by atoms with Crippen LogP contribution in [-0.2, 0) is 20.8 Å². The lowest BCUT2D eigenvalue weighted by Crippen LogP contribution is -2.62. The molecular weight excluding hydrogens is 510 g/mol. The van der Waals surface area contributed by atoms with Gasteiger partial charge in [-0.3, -0.25) is 14.4 Å². The molecule has 1 atom stereocenters. The Labute approximate surface area is 237 Å². The smallest absolute Gasteiger partial charge is 0.246 e. The van der Waals surface area contributed by atoms with Crippen molar-refractivity contribution >= 4 is 17.7 Å². The van der Waals surface area contributed by atoms with E-state index in [1.54, 1.807) is 26.2 Å². The summed E-state index contributed by atoms with van der Waals surface area (Å²) in [5.74, 6) is 1.10. The molecule has 0 spiro atoms. The van der Waals surface area contributed by atoms with Crippen LogP contribution in [0.5, 0.6) is 17.2 Å². The molecule has 1 saturated heterocycles. The molecule has 3 amide bonds. The predicted octanol–water partition coefficient (Wildman–Crippen LogP) is 4.07. The minimum absolute atomic E-state index is 0.0708. The van der Waals surface area contributed by atoms with Gasteiger partial charge in [-0.15, -0.1) is 0 Å². The molecule has 1 aliphatic heterocycles. The SMILES string of the molecule is CCCCCCNC(=O)CN1CC(=O)N(CCC)[C@H](Cc2ccc(-c3cc(OC)c(OC)c(OC)c3)cc2)C1=O. The van der Waals surface area contributed by atoms with Crippen molar-refractivity contribution in [3.8, 4) is 28.4 Å². The first-order chi connectivity index (χ1) is 19.4. The fourth-order valence-electron chi connectivity index (χ4n) is 5.02. The topological polar surface area (TPSA) is 97.4 Å². The highest BCUT2D eigenvalue weighted by atomic mass is 16.5. The van der Waals surface area contributed by atoms with E-state index in [0.717, 1.165) is 48.8 Å². The van der Waals surface area contributed by atoms with Gasteiger partial charge in [-0.2, -0.15) is 0 Å². The Hall–Kier alpha value is -3.75. The van der Waals surface area contributed by atoms with E-state index < -0.39 is 6.04 Å². The summed E-state index contributed by atoms with van der Waals surface area (Å²) in [6.45, 7) is 5.03. The Morgan fingerprint density at radius 1 is 0.900 bits per heavy atom. The number of benzene rings is 2. The van der Waals surface area contributed by atoms with Gasteiger partial charge in [-0.25, -0.2) is 0 Å². The molecule has 0 saturated carbocycles. The van der Waals surface area contributed by atoms with Gasteiger partial charge in [0.05, 0.1) is 21.3 Å². The van der Waals surface area contributed by atoms with Gasteiger partial charge in [0.1, 0.15) is 19.1 Å². The summed E-state index contributed by atoms with van der Waals surface area (Å²) >= 11 is 0. The second-order valence-corrected chi connectivity index (χ2v) is 10.0. The number of amides is 3. The minimum Gasteiger partial charge on any atom is -0.493 e. The van der Waals surface area contributed by atoms with Crippen molar-refractivity contribution in [1.82, 2.24) is 15.1 Å². The number of ether oxygens (including phenoxy) is 3. The van der Waals surface area contributed by atoms with E-state index in [0.29, 0.717) is 36.8 Å². The first-order valence-electron chi connectivity index (χ1n) is 14.1.